The van der Waals surface area contributed by atoms with Crippen molar-refractivity contribution in [2.75, 3.05) is 7.11 Å². The second-order valence-corrected chi connectivity index (χ2v) is 8.65. The molecule has 138 valence electrons. The number of methoxy groups -OCH3 is 1. The summed E-state index contributed by atoms with van der Waals surface area (Å²) in [5, 5.41) is 10.9. The highest BCUT2D eigenvalue weighted by Crippen LogP contribution is 2.60. The zero-order valence-electron chi connectivity index (χ0n) is 15.7. The molecule has 1 fully saturated rings. The highest BCUT2D eigenvalue weighted by atomic mass is 16.5. The first-order valence-corrected chi connectivity index (χ1v) is 9.29. The maximum absolute atomic E-state index is 12.4. The van der Waals surface area contributed by atoms with Gasteiger partial charge in [0.2, 0.25) is 0 Å². The second kappa shape index (κ2) is 6.64. The molecular formula is C21H30O4. The standard InChI is InChI=1S/C21H30O4/c1-20(2)9-5-10-21(3)16(7-6-14-8-11-25-13-14)15(19(23)24-4)12-17(22)18(20)21/h8,11-13,16-18,22H,5-7,9-10H2,1-4H3. The van der Waals surface area contributed by atoms with Crippen molar-refractivity contribution in [3.05, 3.63) is 35.8 Å². The molecule has 4 nitrogen and oxygen atoms in total. The van der Waals surface area contributed by atoms with Gasteiger partial charge < -0.3 is 14.3 Å². The fourth-order valence-electron chi connectivity index (χ4n) is 5.68. The number of aryl methyl sites for hydroxylation is 1. The smallest absolute Gasteiger partial charge is 0.333 e. The lowest BCUT2D eigenvalue weighted by Crippen LogP contribution is -2.55. The van der Waals surface area contributed by atoms with Crippen molar-refractivity contribution in [1.82, 2.24) is 0 Å². The van der Waals surface area contributed by atoms with E-state index in [1.807, 2.05) is 6.07 Å². The lowest BCUT2D eigenvalue weighted by molar-refractivity contribution is -0.142. The fraction of sp³-hybridized carbons (Fsp3) is 0.667. The van der Waals surface area contributed by atoms with Gasteiger partial charge in [0.1, 0.15) is 0 Å². The minimum Gasteiger partial charge on any atom is -0.472 e. The number of esters is 1. The van der Waals surface area contributed by atoms with Gasteiger partial charge in [0.25, 0.3) is 0 Å². The number of furan rings is 1. The SMILES string of the molecule is COC(=O)C1=CC(O)C2C(C)(C)CCCC2(C)C1CCc1ccoc1. The molecule has 1 aromatic rings. The molecule has 1 heterocycles. The lowest BCUT2D eigenvalue weighted by Gasteiger charge is -2.58. The molecule has 1 N–H and O–H groups in total. The molecular weight excluding hydrogens is 316 g/mol. The van der Waals surface area contributed by atoms with Gasteiger partial charge in [-0.1, -0.05) is 27.2 Å². The van der Waals surface area contributed by atoms with E-state index in [1.165, 1.54) is 7.11 Å². The molecule has 4 heteroatoms. The zero-order valence-corrected chi connectivity index (χ0v) is 15.7. The number of hydrogen-bond acceptors (Lipinski definition) is 4. The zero-order chi connectivity index (χ0) is 18.2. The first-order chi connectivity index (χ1) is 11.8. The number of rotatable bonds is 4. The average molecular weight is 346 g/mol. The fourth-order valence-corrected chi connectivity index (χ4v) is 5.68. The Morgan fingerprint density at radius 1 is 1.36 bits per heavy atom. The Bertz CT molecular complexity index is 643. The van der Waals surface area contributed by atoms with Gasteiger partial charge in [-0.25, -0.2) is 4.79 Å². The number of ether oxygens (including phenoxy) is 1. The summed E-state index contributed by atoms with van der Waals surface area (Å²) in [6, 6.07) is 1.98. The Labute approximate surface area is 150 Å². The average Bonchev–Trinajstić information content (AvgIpc) is 3.05. The summed E-state index contributed by atoms with van der Waals surface area (Å²) >= 11 is 0. The predicted octanol–water partition coefficient (Wildman–Crippen LogP) is 4.13. The van der Waals surface area contributed by atoms with Gasteiger partial charge in [0.15, 0.2) is 0 Å². The lowest BCUT2D eigenvalue weighted by atomic mass is 9.47. The number of aliphatic hydroxyl groups is 1. The summed E-state index contributed by atoms with van der Waals surface area (Å²) < 4.78 is 10.2. The quantitative estimate of drug-likeness (QED) is 0.833. The second-order valence-electron chi connectivity index (χ2n) is 8.65. The van der Waals surface area contributed by atoms with Gasteiger partial charge in [0.05, 0.1) is 25.7 Å². The number of carbonyl (C=O) groups excluding carboxylic acids is 1. The van der Waals surface area contributed by atoms with Crippen molar-refractivity contribution < 1.29 is 19.1 Å². The van der Waals surface area contributed by atoms with Crippen LogP contribution in [0.15, 0.2) is 34.7 Å². The highest BCUT2D eigenvalue weighted by molar-refractivity contribution is 5.89. The van der Waals surface area contributed by atoms with E-state index in [2.05, 4.69) is 20.8 Å². The largest absolute Gasteiger partial charge is 0.472 e. The molecule has 0 aliphatic heterocycles. The summed E-state index contributed by atoms with van der Waals surface area (Å²) in [6.07, 6.45) is 9.61. The minimum atomic E-state index is -0.598. The van der Waals surface area contributed by atoms with Crippen LogP contribution in [-0.2, 0) is 16.0 Å². The molecule has 2 aliphatic carbocycles. The Morgan fingerprint density at radius 3 is 2.76 bits per heavy atom. The van der Waals surface area contributed by atoms with E-state index >= 15 is 0 Å². The molecule has 0 spiro atoms. The van der Waals surface area contributed by atoms with Gasteiger partial charge in [0, 0.05) is 5.57 Å². The van der Waals surface area contributed by atoms with Crippen LogP contribution in [0.3, 0.4) is 0 Å². The number of aliphatic hydroxyl groups excluding tert-OH is 1. The van der Waals surface area contributed by atoms with Crippen LogP contribution < -0.4 is 0 Å². The summed E-state index contributed by atoms with van der Waals surface area (Å²) in [7, 11) is 1.42. The summed E-state index contributed by atoms with van der Waals surface area (Å²) in [6.45, 7) is 6.77. The monoisotopic (exact) mass is 346 g/mol. The van der Waals surface area contributed by atoms with Crippen molar-refractivity contribution in [1.29, 1.82) is 0 Å². The normalized spacial score (nSPS) is 34.1. The van der Waals surface area contributed by atoms with E-state index < -0.39 is 6.10 Å². The molecule has 0 radical (unpaired) electrons. The third-order valence-electron chi connectivity index (χ3n) is 6.68. The van der Waals surface area contributed by atoms with Crippen molar-refractivity contribution in [3.63, 3.8) is 0 Å². The number of carbonyl (C=O) groups is 1. The molecule has 4 atom stereocenters. The Morgan fingerprint density at radius 2 is 2.12 bits per heavy atom. The van der Waals surface area contributed by atoms with E-state index in [0.29, 0.717) is 5.57 Å². The Hall–Kier alpha value is -1.55. The van der Waals surface area contributed by atoms with Crippen LogP contribution in [0.2, 0.25) is 0 Å². The summed E-state index contributed by atoms with van der Waals surface area (Å²) in [4.78, 5) is 12.4. The Kier molecular flexibility index (Phi) is 4.84. The van der Waals surface area contributed by atoms with Crippen LogP contribution in [0.5, 0.6) is 0 Å². The van der Waals surface area contributed by atoms with E-state index in [-0.39, 0.29) is 28.6 Å². The Balaban J connectivity index is 1.98. The van der Waals surface area contributed by atoms with Crippen LogP contribution in [0.4, 0.5) is 0 Å². The van der Waals surface area contributed by atoms with Crippen LogP contribution in [0, 0.1) is 22.7 Å². The van der Waals surface area contributed by atoms with Gasteiger partial charge in [-0.2, -0.15) is 0 Å². The molecule has 0 saturated heterocycles. The van der Waals surface area contributed by atoms with Crippen LogP contribution in [0.1, 0.15) is 52.0 Å². The van der Waals surface area contributed by atoms with Crippen LogP contribution in [-0.4, -0.2) is 24.3 Å². The maximum Gasteiger partial charge on any atom is 0.333 e. The van der Waals surface area contributed by atoms with E-state index in [0.717, 1.165) is 37.7 Å². The van der Waals surface area contributed by atoms with Crippen molar-refractivity contribution >= 4 is 5.97 Å². The van der Waals surface area contributed by atoms with Crippen LogP contribution in [0.25, 0.3) is 0 Å². The predicted molar refractivity (Wildman–Crippen MR) is 95.9 cm³/mol. The van der Waals surface area contributed by atoms with Crippen molar-refractivity contribution in [2.45, 2.75) is 59.0 Å². The maximum atomic E-state index is 12.4. The molecule has 25 heavy (non-hydrogen) atoms. The van der Waals surface area contributed by atoms with E-state index in [4.69, 9.17) is 9.15 Å². The van der Waals surface area contributed by atoms with Gasteiger partial charge in [-0.05, 0) is 66.1 Å². The van der Waals surface area contributed by atoms with Crippen LogP contribution >= 0.6 is 0 Å². The molecule has 0 bridgehead atoms. The minimum absolute atomic E-state index is 0.0540. The highest BCUT2D eigenvalue weighted by Gasteiger charge is 2.56. The number of fused-ring (bicyclic) bond motifs is 1. The van der Waals surface area contributed by atoms with E-state index in [1.54, 1.807) is 18.6 Å². The first kappa shape index (κ1) is 18.2. The molecule has 1 aromatic heterocycles. The van der Waals surface area contributed by atoms with Gasteiger partial charge in [-0.15, -0.1) is 0 Å². The van der Waals surface area contributed by atoms with Gasteiger partial charge in [-0.3, -0.25) is 0 Å². The molecule has 0 amide bonds. The molecule has 0 aromatic carbocycles. The molecule has 1 saturated carbocycles. The summed E-state index contributed by atoms with van der Waals surface area (Å²) in [5.41, 5.74) is 1.74. The molecule has 4 unspecified atom stereocenters. The third-order valence-corrected chi connectivity index (χ3v) is 6.68. The molecule has 3 rings (SSSR count). The summed E-state index contributed by atoms with van der Waals surface area (Å²) in [5.74, 6) is -0.0707. The molecule has 2 aliphatic rings. The van der Waals surface area contributed by atoms with Crippen molar-refractivity contribution in [2.24, 2.45) is 22.7 Å². The third kappa shape index (κ3) is 3.17. The topological polar surface area (TPSA) is 59.7 Å². The van der Waals surface area contributed by atoms with E-state index in [9.17, 15) is 9.90 Å². The van der Waals surface area contributed by atoms with Crippen molar-refractivity contribution in [3.8, 4) is 0 Å². The van der Waals surface area contributed by atoms with Gasteiger partial charge >= 0.3 is 5.97 Å². The first-order valence-electron chi connectivity index (χ1n) is 9.29. The number of hydrogen-bond donors (Lipinski definition) is 1.